The predicted molar refractivity (Wildman–Crippen MR) is 56.9 cm³/mol. The first-order valence-electron chi connectivity index (χ1n) is 5.85. The van der Waals surface area contributed by atoms with Crippen LogP contribution in [0.4, 0.5) is 0 Å². The van der Waals surface area contributed by atoms with Gasteiger partial charge in [-0.2, -0.15) is 5.26 Å². The Morgan fingerprint density at radius 1 is 1.47 bits per heavy atom. The molecule has 0 aliphatic heterocycles. The minimum atomic E-state index is -0.632. The van der Waals surface area contributed by atoms with Gasteiger partial charge < -0.3 is 4.90 Å². The minimum Gasteiger partial charge on any atom is -0.344 e. The normalized spacial score (nSPS) is 23.5. The lowest BCUT2D eigenvalue weighted by atomic mass is 10.0. The molecule has 0 unspecified atom stereocenters. The molecule has 0 saturated heterocycles. The van der Waals surface area contributed by atoms with Gasteiger partial charge in [-0.05, 0) is 31.6 Å². The van der Waals surface area contributed by atoms with Gasteiger partial charge in [-0.25, -0.2) is 0 Å². The molecular formula is C12H18N2O. The maximum atomic E-state index is 11.9. The lowest BCUT2D eigenvalue weighted by molar-refractivity contribution is -0.134. The molecule has 0 atom stereocenters. The van der Waals surface area contributed by atoms with E-state index < -0.39 is 5.41 Å². The number of nitrogens with zero attached hydrogens (tertiary/aromatic N) is 2. The SMILES string of the molecule is CN(CC1CCCC1)C(=O)C1(C#N)CC1. The third-order valence-electron chi connectivity index (χ3n) is 3.73. The summed E-state index contributed by atoms with van der Waals surface area (Å²) in [6, 6.07) is 2.17. The number of carbonyl (C=O) groups is 1. The molecule has 2 aliphatic rings. The highest BCUT2D eigenvalue weighted by molar-refractivity contribution is 5.88. The van der Waals surface area contributed by atoms with Crippen molar-refractivity contribution in [2.24, 2.45) is 11.3 Å². The quantitative estimate of drug-likeness (QED) is 0.708. The topological polar surface area (TPSA) is 44.1 Å². The van der Waals surface area contributed by atoms with Crippen LogP contribution < -0.4 is 0 Å². The smallest absolute Gasteiger partial charge is 0.242 e. The highest BCUT2D eigenvalue weighted by atomic mass is 16.2. The summed E-state index contributed by atoms with van der Waals surface area (Å²) >= 11 is 0. The molecule has 0 aromatic carbocycles. The van der Waals surface area contributed by atoms with E-state index in [2.05, 4.69) is 6.07 Å². The van der Waals surface area contributed by atoms with Crippen LogP contribution >= 0.6 is 0 Å². The molecule has 0 radical (unpaired) electrons. The number of nitriles is 1. The predicted octanol–water partition coefficient (Wildman–Crippen LogP) is 1.94. The van der Waals surface area contributed by atoms with Crippen molar-refractivity contribution in [2.75, 3.05) is 13.6 Å². The minimum absolute atomic E-state index is 0.0527. The lowest BCUT2D eigenvalue weighted by Gasteiger charge is -2.23. The highest BCUT2D eigenvalue weighted by Crippen LogP contribution is 2.46. The fraction of sp³-hybridized carbons (Fsp3) is 0.833. The first-order valence-corrected chi connectivity index (χ1v) is 5.85. The molecule has 0 heterocycles. The first-order chi connectivity index (χ1) is 7.18. The van der Waals surface area contributed by atoms with E-state index in [1.807, 2.05) is 7.05 Å². The molecule has 15 heavy (non-hydrogen) atoms. The summed E-state index contributed by atoms with van der Waals surface area (Å²) < 4.78 is 0. The fourth-order valence-corrected chi connectivity index (χ4v) is 2.53. The van der Waals surface area contributed by atoms with Crippen LogP contribution in [0.15, 0.2) is 0 Å². The molecule has 0 aromatic rings. The molecule has 82 valence electrons. The standard InChI is InChI=1S/C12H18N2O/c1-14(8-10-4-2-3-5-10)11(15)12(9-13)6-7-12/h10H,2-8H2,1H3. The van der Waals surface area contributed by atoms with Crippen LogP contribution in [-0.4, -0.2) is 24.4 Å². The van der Waals surface area contributed by atoms with Crippen molar-refractivity contribution < 1.29 is 4.79 Å². The summed E-state index contributed by atoms with van der Waals surface area (Å²) in [5.74, 6) is 0.727. The summed E-state index contributed by atoms with van der Waals surface area (Å²) in [6.45, 7) is 0.849. The molecule has 2 fully saturated rings. The largest absolute Gasteiger partial charge is 0.344 e. The van der Waals surface area contributed by atoms with Gasteiger partial charge in [-0.3, -0.25) is 4.79 Å². The van der Waals surface area contributed by atoms with E-state index in [-0.39, 0.29) is 5.91 Å². The Hall–Kier alpha value is -1.04. The highest BCUT2D eigenvalue weighted by Gasteiger charge is 2.52. The van der Waals surface area contributed by atoms with E-state index in [1.54, 1.807) is 4.90 Å². The zero-order valence-electron chi connectivity index (χ0n) is 9.33. The van der Waals surface area contributed by atoms with Crippen LogP contribution in [0.2, 0.25) is 0 Å². The maximum absolute atomic E-state index is 11.9. The molecule has 0 aromatic heterocycles. The average Bonchev–Trinajstić information content (AvgIpc) is 2.89. The van der Waals surface area contributed by atoms with Crippen molar-refractivity contribution in [3.8, 4) is 6.07 Å². The van der Waals surface area contributed by atoms with E-state index in [4.69, 9.17) is 5.26 Å². The molecule has 2 saturated carbocycles. The van der Waals surface area contributed by atoms with Crippen molar-refractivity contribution in [2.45, 2.75) is 38.5 Å². The Labute approximate surface area is 91.1 Å². The van der Waals surface area contributed by atoms with Crippen LogP contribution in [-0.2, 0) is 4.79 Å². The summed E-state index contributed by atoms with van der Waals surface area (Å²) in [7, 11) is 1.85. The second kappa shape index (κ2) is 3.84. The van der Waals surface area contributed by atoms with E-state index in [1.165, 1.54) is 25.7 Å². The van der Waals surface area contributed by atoms with Crippen LogP contribution in [0.1, 0.15) is 38.5 Å². The van der Waals surface area contributed by atoms with Gasteiger partial charge in [0.1, 0.15) is 5.41 Å². The van der Waals surface area contributed by atoms with Gasteiger partial charge >= 0.3 is 0 Å². The Bertz CT molecular complexity index is 295. The fourth-order valence-electron chi connectivity index (χ4n) is 2.53. The molecule has 3 nitrogen and oxygen atoms in total. The van der Waals surface area contributed by atoms with Gasteiger partial charge in [-0.15, -0.1) is 0 Å². The van der Waals surface area contributed by atoms with Crippen molar-refractivity contribution >= 4 is 5.91 Å². The van der Waals surface area contributed by atoms with Crippen molar-refractivity contribution in [1.29, 1.82) is 5.26 Å². The Morgan fingerprint density at radius 2 is 2.07 bits per heavy atom. The number of hydrogen-bond donors (Lipinski definition) is 0. The third-order valence-corrected chi connectivity index (χ3v) is 3.73. The van der Waals surface area contributed by atoms with Gasteiger partial charge in [0.05, 0.1) is 6.07 Å². The molecule has 1 amide bonds. The summed E-state index contributed by atoms with van der Waals surface area (Å²) in [5, 5.41) is 8.94. The average molecular weight is 206 g/mol. The van der Waals surface area contributed by atoms with Crippen LogP contribution in [0.25, 0.3) is 0 Å². The van der Waals surface area contributed by atoms with Gasteiger partial charge in [-0.1, -0.05) is 12.8 Å². The molecule has 3 heteroatoms. The zero-order chi connectivity index (χ0) is 10.9. The van der Waals surface area contributed by atoms with Gasteiger partial charge in [0.15, 0.2) is 0 Å². The van der Waals surface area contributed by atoms with Crippen LogP contribution in [0.3, 0.4) is 0 Å². The van der Waals surface area contributed by atoms with Crippen molar-refractivity contribution in [1.82, 2.24) is 4.90 Å². The van der Waals surface area contributed by atoms with E-state index >= 15 is 0 Å². The molecule has 0 N–H and O–H groups in total. The summed E-state index contributed by atoms with van der Waals surface area (Å²) in [4.78, 5) is 13.7. The molecular weight excluding hydrogens is 188 g/mol. The second-order valence-electron chi connectivity index (χ2n) is 5.03. The number of carbonyl (C=O) groups excluding carboxylic acids is 1. The first kappa shape index (κ1) is 10.5. The van der Waals surface area contributed by atoms with Crippen LogP contribution in [0, 0.1) is 22.7 Å². The summed E-state index contributed by atoms with van der Waals surface area (Å²) in [5.41, 5.74) is -0.632. The Kier molecular flexibility index (Phi) is 2.68. The zero-order valence-corrected chi connectivity index (χ0v) is 9.33. The Balaban J connectivity index is 1.88. The van der Waals surface area contributed by atoms with Gasteiger partial charge in [0.25, 0.3) is 0 Å². The lowest BCUT2D eigenvalue weighted by Crippen LogP contribution is -2.36. The number of hydrogen-bond acceptors (Lipinski definition) is 2. The van der Waals surface area contributed by atoms with Gasteiger partial charge in [0, 0.05) is 13.6 Å². The molecule has 2 aliphatic carbocycles. The Morgan fingerprint density at radius 3 is 2.53 bits per heavy atom. The van der Waals surface area contributed by atoms with E-state index in [9.17, 15) is 4.79 Å². The third kappa shape index (κ3) is 1.99. The molecule has 0 spiro atoms. The van der Waals surface area contributed by atoms with Crippen molar-refractivity contribution in [3.63, 3.8) is 0 Å². The van der Waals surface area contributed by atoms with E-state index in [0.717, 1.165) is 19.4 Å². The second-order valence-corrected chi connectivity index (χ2v) is 5.03. The van der Waals surface area contributed by atoms with Gasteiger partial charge in [0.2, 0.25) is 5.91 Å². The molecule has 0 bridgehead atoms. The molecule has 2 rings (SSSR count). The van der Waals surface area contributed by atoms with E-state index in [0.29, 0.717) is 5.92 Å². The number of rotatable bonds is 3. The maximum Gasteiger partial charge on any atom is 0.242 e. The van der Waals surface area contributed by atoms with Crippen LogP contribution in [0.5, 0.6) is 0 Å². The number of amides is 1. The summed E-state index contributed by atoms with van der Waals surface area (Å²) in [6.07, 6.45) is 6.62. The monoisotopic (exact) mass is 206 g/mol. The van der Waals surface area contributed by atoms with Crippen molar-refractivity contribution in [3.05, 3.63) is 0 Å².